The summed E-state index contributed by atoms with van der Waals surface area (Å²) < 4.78 is 27.9. The van der Waals surface area contributed by atoms with Crippen LogP contribution < -0.4 is 9.64 Å². The van der Waals surface area contributed by atoms with Gasteiger partial charge in [0.05, 0.1) is 36.1 Å². The molecule has 3 aromatic heterocycles. The molecule has 2 unspecified atom stereocenters. The third kappa shape index (κ3) is 3.87. The average molecular weight is 498 g/mol. The fourth-order valence-corrected chi connectivity index (χ4v) is 5.84. The molecule has 0 saturated carbocycles. The number of anilines is 1. The Balaban J connectivity index is 1.28. The lowest BCUT2D eigenvalue weighted by Crippen LogP contribution is -2.58. The molecule has 2 fully saturated rings. The molecule has 7 nitrogen and oxygen atoms in total. The number of thiophene rings is 1. The number of piperidine rings is 1. The van der Waals surface area contributed by atoms with E-state index in [-0.39, 0.29) is 23.8 Å². The van der Waals surface area contributed by atoms with E-state index < -0.39 is 0 Å². The van der Waals surface area contributed by atoms with Gasteiger partial charge in [0.25, 0.3) is 0 Å². The van der Waals surface area contributed by atoms with Gasteiger partial charge in [0.15, 0.2) is 0 Å². The van der Waals surface area contributed by atoms with E-state index in [1.165, 1.54) is 23.7 Å². The highest BCUT2D eigenvalue weighted by molar-refractivity contribution is 7.18. The Labute approximate surface area is 204 Å². The lowest BCUT2D eigenvalue weighted by atomic mass is 9.84. The molecule has 0 amide bonds. The van der Waals surface area contributed by atoms with Gasteiger partial charge >= 0.3 is 0 Å². The lowest BCUT2D eigenvalue weighted by molar-refractivity contribution is -0.0764. The third-order valence-electron chi connectivity index (χ3n) is 6.38. The first-order valence-electron chi connectivity index (χ1n) is 11.0. The van der Waals surface area contributed by atoms with Crippen molar-refractivity contribution in [2.45, 2.75) is 13.0 Å². The van der Waals surface area contributed by atoms with Crippen molar-refractivity contribution in [3.8, 4) is 17.0 Å². The van der Waals surface area contributed by atoms with E-state index in [4.69, 9.17) is 21.1 Å². The summed E-state index contributed by atoms with van der Waals surface area (Å²) in [6, 6.07) is 5.24. The Morgan fingerprint density at radius 1 is 1.09 bits per heavy atom. The summed E-state index contributed by atoms with van der Waals surface area (Å²) in [6.45, 7) is 4.47. The number of halogens is 2. The predicted octanol–water partition coefficient (Wildman–Crippen LogP) is 4.78. The number of aryl methyl sites for hydroxylation is 1. The summed E-state index contributed by atoms with van der Waals surface area (Å²) in [4.78, 5) is 19.8. The molecular weight excluding hydrogens is 477 g/mol. The van der Waals surface area contributed by atoms with Crippen molar-refractivity contribution < 1.29 is 13.9 Å². The van der Waals surface area contributed by atoms with Gasteiger partial charge in [-0.2, -0.15) is 0 Å². The van der Waals surface area contributed by atoms with Crippen molar-refractivity contribution >= 4 is 39.1 Å². The summed E-state index contributed by atoms with van der Waals surface area (Å²) in [5.74, 6) is 1.19. The Kier molecular flexibility index (Phi) is 5.55. The molecule has 2 aliphatic heterocycles. The fraction of sp³-hybridized carbons (Fsp3) is 0.333. The summed E-state index contributed by atoms with van der Waals surface area (Å²) in [6.07, 6.45) is 4.66. The second-order valence-corrected chi connectivity index (χ2v) is 10.1. The van der Waals surface area contributed by atoms with Crippen LogP contribution in [0.25, 0.3) is 21.3 Å². The van der Waals surface area contributed by atoms with Crippen molar-refractivity contribution in [1.29, 1.82) is 0 Å². The standard InChI is InChI=1S/C24H21ClFN5O2S/c1-13-2-3-17(19(26)4-13)18-11-34-22-20(18)29-12-30-23(22)33-21-14-7-31(8-15(21)10-32-9-14)24-27-5-16(25)6-28-24/h2-6,11-12,14-15,21H,7-10H2,1H3. The minimum absolute atomic E-state index is 0.0583. The largest absolute Gasteiger partial charge is 0.472 e. The van der Waals surface area contributed by atoms with E-state index in [0.29, 0.717) is 54.2 Å². The van der Waals surface area contributed by atoms with Crippen LogP contribution in [0.4, 0.5) is 10.3 Å². The Bertz CT molecular complexity index is 1340. The molecule has 0 spiro atoms. The maximum Gasteiger partial charge on any atom is 0.235 e. The van der Waals surface area contributed by atoms with Gasteiger partial charge < -0.3 is 14.4 Å². The number of nitrogens with zero attached hydrogens (tertiary/aromatic N) is 5. The summed E-state index contributed by atoms with van der Waals surface area (Å²) in [5, 5.41) is 2.43. The number of hydrogen-bond acceptors (Lipinski definition) is 8. The highest BCUT2D eigenvalue weighted by Gasteiger charge is 2.43. The maximum atomic E-state index is 14.7. The van der Waals surface area contributed by atoms with Gasteiger partial charge in [-0.3, -0.25) is 0 Å². The normalized spacial score (nSPS) is 22.2. The van der Waals surface area contributed by atoms with Crippen molar-refractivity contribution in [2.75, 3.05) is 31.2 Å². The van der Waals surface area contributed by atoms with Crippen LogP contribution in [0.5, 0.6) is 5.88 Å². The number of hydrogen-bond donors (Lipinski definition) is 0. The Hall–Kier alpha value is -2.88. The number of benzene rings is 1. The van der Waals surface area contributed by atoms with Crippen LogP contribution in [0, 0.1) is 24.6 Å². The average Bonchev–Trinajstić information content (AvgIpc) is 3.24. The van der Waals surface area contributed by atoms with Crippen molar-refractivity contribution in [2.24, 2.45) is 11.8 Å². The fourth-order valence-electron chi connectivity index (χ4n) is 4.80. The van der Waals surface area contributed by atoms with E-state index >= 15 is 0 Å². The number of rotatable bonds is 4. The van der Waals surface area contributed by atoms with Crippen molar-refractivity contribution in [3.63, 3.8) is 0 Å². The van der Waals surface area contributed by atoms with E-state index in [0.717, 1.165) is 15.8 Å². The topological polar surface area (TPSA) is 73.3 Å². The van der Waals surface area contributed by atoms with Gasteiger partial charge in [0.1, 0.15) is 22.9 Å². The Morgan fingerprint density at radius 3 is 2.59 bits per heavy atom. The SMILES string of the molecule is Cc1ccc(-c2csc3c(OC4C5COCC4CN(c4ncc(Cl)cn4)C5)ncnc23)c(F)c1. The number of fused-ring (bicyclic) bond motifs is 3. The lowest BCUT2D eigenvalue weighted by Gasteiger charge is -2.46. The summed E-state index contributed by atoms with van der Waals surface area (Å²) in [7, 11) is 0. The minimum Gasteiger partial charge on any atom is -0.472 e. The molecule has 2 bridgehead atoms. The van der Waals surface area contributed by atoms with Crippen molar-refractivity contribution in [3.05, 3.63) is 58.7 Å². The molecule has 4 aromatic rings. The van der Waals surface area contributed by atoms with E-state index in [1.54, 1.807) is 18.5 Å². The molecule has 5 heterocycles. The van der Waals surface area contributed by atoms with Gasteiger partial charge in [0, 0.05) is 41.4 Å². The van der Waals surface area contributed by atoms with Gasteiger partial charge in [-0.15, -0.1) is 11.3 Å². The van der Waals surface area contributed by atoms with Crippen LogP contribution >= 0.6 is 22.9 Å². The predicted molar refractivity (Wildman–Crippen MR) is 129 cm³/mol. The molecule has 6 rings (SSSR count). The van der Waals surface area contributed by atoms with Crippen LogP contribution in [-0.2, 0) is 4.74 Å². The zero-order valence-electron chi connectivity index (χ0n) is 18.3. The second kappa shape index (κ2) is 8.72. The highest BCUT2D eigenvalue weighted by atomic mass is 35.5. The van der Waals surface area contributed by atoms with Gasteiger partial charge in [-0.25, -0.2) is 24.3 Å². The first-order chi connectivity index (χ1) is 16.6. The van der Waals surface area contributed by atoms with Crippen LogP contribution in [0.3, 0.4) is 0 Å². The van der Waals surface area contributed by atoms with Gasteiger partial charge in [-0.05, 0) is 18.6 Å². The number of ether oxygens (including phenoxy) is 2. The minimum atomic E-state index is -0.260. The van der Waals surface area contributed by atoms with E-state index in [9.17, 15) is 4.39 Å². The molecular formula is C24H21ClFN5O2S. The van der Waals surface area contributed by atoms with Gasteiger partial charge in [-0.1, -0.05) is 23.7 Å². The quantitative estimate of drug-likeness (QED) is 0.401. The molecule has 0 N–H and O–H groups in total. The van der Waals surface area contributed by atoms with Crippen LogP contribution in [-0.4, -0.2) is 52.3 Å². The Morgan fingerprint density at radius 2 is 1.85 bits per heavy atom. The highest BCUT2D eigenvalue weighted by Crippen LogP contribution is 2.40. The summed E-state index contributed by atoms with van der Waals surface area (Å²) in [5.41, 5.74) is 2.86. The molecule has 2 atom stereocenters. The van der Waals surface area contributed by atoms with Crippen LogP contribution in [0.15, 0.2) is 42.3 Å². The van der Waals surface area contributed by atoms with Gasteiger partial charge in [0.2, 0.25) is 11.8 Å². The van der Waals surface area contributed by atoms with Crippen LogP contribution in [0.1, 0.15) is 5.56 Å². The van der Waals surface area contributed by atoms with E-state index in [1.807, 2.05) is 18.4 Å². The first kappa shape index (κ1) is 21.6. The molecule has 2 saturated heterocycles. The molecule has 1 aromatic carbocycles. The zero-order valence-corrected chi connectivity index (χ0v) is 19.9. The molecule has 34 heavy (non-hydrogen) atoms. The smallest absolute Gasteiger partial charge is 0.235 e. The molecule has 174 valence electrons. The third-order valence-corrected chi connectivity index (χ3v) is 7.53. The maximum absolute atomic E-state index is 14.7. The number of aromatic nitrogens is 4. The zero-order chi connectivity index (χ0) is 23.2. The van der Waals surface area contributed by atoms with Crippen LogP contribution in [0.2, 0.25) is 5.02 Å². The molecule has 0 radical (unpaired) electrons. The molecule has 0 aliphatic carbocycles. The first-order valence-corrected chi connectivity index (χ1v) is 12.3. The van der Waals surface area contributed by atoms with Crippen molar-refractivity contribution in [1.82, 2.24) is 19.9 Å². The molecule has 2 aliphatic rings. The second-order valence-electron chi connectivity index (χ2n) is 8.74. The monoisotopic (exact) mass is 497 g/mol. The van der Waals surface area contributed by atoms with E-state index in [2.05, 4.69) is 24.8 Å². The summed E-state index contributed by atoms with van der Waals surface area (Å²) >= 11 is 7.42. The molecule has 10 heteroatoms.